The van der Waals surface area contributed by atoms with Crippen molar-refractivity contribution in [3.05, 3.63) is 17.8 Å². The number of nitrogens with zero attached hydrogens (tertiary/aromatic N) is 3. The van der Waals surface area contributed by atoms with Crippen LogP contribution in [0.25, 0.3) is 0 Å². The van der Waals surface area contributed by atoms with Crippen LogP contribution in [0.15, 0.2) is 12.3 Å². The molecule has 84 valence electrons. The Balaban J connectivity index is 2.94. The predicted molar refractivity (Wildman–Crippen MR) is 56.6 cm³/mol. The van der Waals surface area contributed by atoms with E-state index < -0.39 is 12.0 Å². The first-order valence-corrected chi connectivity index (χ1v) is 4.77. The summed E-state index contributed by atoms with van der Waals surface area (Å²) in [4.78, 5) is 11.0. The highest BCUT2D eigenvalue weighted by Gasteiger charge is 2.22. The maximum atomic E-state index is 11.0. The molecule has 1 rings (SSSR count). The molecule has 0 aliphatic rings. The molecule has 0 saturated heterocycles. The third-order valence-corrected chi connectivity index (χ3v) is 2.07. The number of hydrogen-bond donors (Lipinski definition) is 2. The van der Waals surface area contributed by atoms with Crippen molar-refractivity contribution < 1.29 is 9.90 Å². The van der Waals surface area contributed by atoms with E-state index in [4.69, 9.17) is 10.4 Å². The zero-order valence-electron chi connectivity index (χ0n) is 9.01. The molecule has 2 N–H and O–H groups in total. The van der Waals surface area contributed by atoms with Gasteiger partial charge in [0.05, 0.1) is 11.8 Å². The molecule has 0 bridgehead atoms. The normalized spacial score (nSPS) is 11.9. The highest BCUT2D eigenvalue weighted by Crippen LogP contribution is 2.13. The first-order chi connectivity index (χ1) is 7.56. The number of rotatable bonds is 4. The minimum atomic E-state index is -0.982. The van der Waals surface area contributed by atoms with Crippen LogP contribution in [0, 0.1) is 17.2 Å². The van der Waals surface area contributed by atoms with Crippen LogP contribution >= 0.6 is 0 Å². The summed E-state index contributed by atoms with van der Waals surface area (Å²) in [5.41, 5.74) is 0.280. The van der Waals surface area contributed by atoms with Crippen molar-refractivity contribution in [3.8, 4) is 6.07 Å². The van der Waals surface area contributed by atoms with Gasteiger partial charge in [-0.05, 0) is 12.0 Å². The molecule has 0 fully saturated rings. The van der Waals surface area contributed by atoms with E-state index >= 15 is 0 Å². The molecule has 1 aromatic heterocycles. The molecule has 1 atom stereocenters. The van der Waals surface area contributed by atoms with Crippen LogP contribution in [0.2, 0.25) is 0 Å². The fourth-order valence-corrected chi connectivity index (χ4v) is 1.19. The third kappa shape index (κ3) is 2.67. The van der Waals surface area contributed by atoms with E-state index in [1.54, 1.807) is 13.8 Å². The predicted octanol–water partition coefficient (Wildman–Crippen LogP) is 0.869. The summed E-state index contributed by atoms with van der Waals surface area (Å²) < 4.78 is 0. The molecule has 0 aliphatic carbocycles. The molecule has 0 radical (unpaired) electrons. The van der Waals surface area contributed by atoms with Gasteiger partial charge in [0.2, 0.25) is 0 Å². The van der Waals surface area contributed by atoms with E-state index in [9.17, 15) is 4.79 Å². The molecule has 0 amide bonds. The second-order valence-corrected chi connectivity index (χ2v) is 3.61. The van der Waals surface area contributed by atoms with Crippen molar-refractivity contribution in [1.82, 2.24) is 10.2 Å². The first kappa shape index (κ1) is 11.9. The second kappa shape index (κ2) is 5.07. The van der Waals surface area contributed by atoms with Crippen LogP contribution in [0.3, 0.4) is 0 Å². The molecule has 0 aliphatic heterocycles. The largest absolute Gasteiger partial charge is 0.480 e. The lowest BCUT2D eigenvalue weighted by Gasteiger charge is -2.18. The maximum absolute atomic E-state index is 11.0. The Morgan fingerprint density at radius 1 is 1.62 bits per heavy atom. The summed E-state index contributed by atoms with van der Waals surface area (Å²) in [7, 11) is 0. The highest BCUT2D eigenvalue weighted by molar-refractivity contribution is 5.77. The average Bonchev–Trinajstić information content (AvgIpc) is 2.25. The van der Waals surface area contributed by atoms with Crippen molar-refractivity contribution in [2.45, 2.75) is 19.9 Å². The van der Waals surface area contributed by atoms with Crippen LogP contribution in [0.4, 0.5) is 5.82 Å². The van der Waals surface area contributed by atoms with Crippen molar-refractivity contribution >= 4 is 11.8 Å². The van der Waals surface area contributed by atoms with Crippen molar-refractivity contribution in [1.29, 1.82) is 5.26 Å². The molecule has 0 aromatic carbocycles. The van der Waals surface area contributed by atoms with Gasteiger partial charge in [-0.15, -0.1) is 5.10 Å². The van der Waals surface area contributed by atoms with E-state index in [2.05, 4.69) is 15.5 Å². The van der Waals surface area contributed by atoms with E-state index in [-0.39, 0.29) is 17.3 Å². The van der Waals surface area contributed by atoms with Crippen LogP contribution in [-0.2, 0) is 4.79 Å². The number of carboxylic acid groups (broad SMARTS) is 1. The summed E-state index contributed by atoms with van der Waals surface area (Å²) >= 11 is 0. The van der Waals surface area contributed by atoms with Crippen molar-refractivity contribution in [2.75, 3.05) is 5.32 Å². The molecule has 1 aromatic rings. The quantitative estimate of drug-likeness (QED) is 0.781. The number of nitriles is 1. The molecular formula is C10H12N4O2. The Kier molecular flexibility index (Phi) is 3.78. The molecule has 6 nitrogen and oxygen atoms in total. The molecule has 0 saturated carbocycles. The molecule has 1 heterocycles. The van der Waals surface area contributed by atoms with Gasteiger partial charge in [-0.3, -0.25) is 0 Å². The number of carbonyl (C=O) groups is 1. The number of aliphatic carboxylic acids is 1. The monoisotopic (exact) mass is 220 g/mol. The summed E-state index contributed by atoms with van der Waals surface area (Å²) in [5.74, 6) is -0.901. The highest BCUT2D eigenvalue weighted by atomic mass is 16.4. The third-order valence-electron chi connectivity index (χ3n) is 2.07. The van der Waals surface area contributed by atoms with Crippen molar-refractivity contribution in [2.24, 2.45) is 5.92 Å². The summed E-state index contributed by atoms with van der Waals surface area (Å²) in [6.45, 7) is 3.54. The van der Waals surface area contributed by atoms with Crippen molar-refractivity contribution in [3.63, 3.8) is 0 Å². The molecule has 0 spiro atoms. The van der Waals surface area contributed by atoms with E-state index in [1.165, 1.54) is 12.3 Å². The van der Waals surface area contributed by atoms with Gasteiger partial charge in [0.1, 0.15) is 12.1 Å². The summed E-state index contributed by atoms with van der Waals surface area (Å²) in [6, 6.07) is 2.61. The zero-order valence-corrected chi connectivity index (χ0v) is 9.01. The van der Waals surface area contributed by atoms with Crippen LogP contribution in [0.1, 0.15) is 19.4 Å². The lowest BCUT2D eigenvalue weighted by Crippen LogP contribution is -2.35. The second-order valence-electron chi connectivity index (χ2n) is 3.61. The number of hydrogen-bond acceptors (Lipinski definition) is 5. The average molecular weight is 220 g/mol. The van der Waals surface area contributed by atoms with Gasteiger partial charge in [0.25, 0.3) is 0 Å². The molecule has 1 unspecified atom stereocenters. The maximum Gasteiger partial charge on any atom is 0.326 e. The van der Waals surface area contributed by atoms with Gasteiger partial charge in [-0.2, -0.15) is 10.4 Å². The minimum absolute atomic E-state index is 0.119. The van der Waals surface area contributed by atoms with Crippen LogP contribution in [0.5, 0.6) is 0 Å². The molecular weight excluding hydrogens is 208 g/mol. The lowest BCUT2D eigenvalue weighted by atomic mass is 10.0. The van der Waals surface area contributed by atoms with Gasteiger partial charge in [0, 0.05) is 0 Å². The minimum Gasteiger partial charge on any atom is -0.480 e. The molecule has 6 heteroatoms. The number of anilines is 1. The zero-order chi connectivity index (χ0) is 12.1. The number of nitrogens with one attached hydrogen (secondary N) is 1. The fourth-order valence-electron chi connectivity index (χ4n) is 1.19. The fraction of sp³-hybridized carbons (Fsp3) is 0.400. The van der Waals surface area contributed by atoms with Gasteiger partial charge in [-0.1, -0.05) is 13.8 Å². The van der Waals surface area contributed by atoms with E-state index in [0.717, 1.165) is 0 Å². The molecule has 16 heavy (non-hydrogen) atoms. The van der Waals surface area contributed by atoms with Crippen LogP contribution in [-0.4, -0.2) is 27.3 Å². The number of carboxylic acids is 1. The summed E-state index contributed by atoms with van der Waals surface area (Å²) in [6.07, 6.45) is 1.38. The Morgan fingerprint density at radius 2 is 2.31 bits per heavy atom. The van der Waals surface area contributed by atoms with E-state index in [0.29, 0.717) is 0 Å². The van der Waals surface area contributed by atoms with E-state index in [1.807, 2.05) is 6.07 Å². The SMILES string of the molecule is CC(C)C(Nc1nnccc1C#N)C(=O)O. The number of aromatic nitrogens is 2. The standard InChI is InChI=1S/C10H12N4O2/c1-6(2)8(10(15)16)13-9-7(5-11)3-4-12-14-9/h3-4,6,8H,1-2H3,(H,13,14)(H,15,16). The van der Waals surface area contributed by atoms with Crippen LogP contribution < -0.4 is 5.32 Å². The summed E-state index contributed by atoms with van der Waals surface area (Å²) in [5, 5.41) is 27.8. The van der Waals surface area contributed by atoms with Gasteiger partial charge in [-0.25, -0.2) is 4.79 Å². The van der Waals surface area contributed by atoms with Gasteiger partial charge in [0.15, 0.2) is 5.82 Å². The van der Waals surface area contributed by atoms with Gasteiger partial charge >= 0.3 is 5.97 Å². The Bertz CT molecular complexity index is 425. The van der Waals surface area contributed by atoms with Gasteiger partial charge < -0.3 is 10.4 Å². The lowest BCUT2D eigenvalue weighted by molar-refractivity contribution is -0.138. The Morgan fingerprint density at radius 3 is 2.81 bits per heavy atom. The topological polar surface area (TPSA) is 98.9 Å². The Labute approximate surface area is 92.9 Å². The first-order valence-electron chi connectivity index (χ1n) is 4.77. The smallest absolute Gasteiger partial charge is 0.326 e. The Hall–Kier alpha value is -2.16.